The number of hydrogen-bond donors (Lipinski definition) is 1. The Bertz CT molecular complexity index is 1150. The minimum atomic E-state index is -0.352. The number of nitrogens with zero attached hydrogens (tertiary/aromatic N) is 1. The van der Waals surface area contributed by atoms with E-state index in [1.165, 1.54) is 16.9 Å². The normalized spacial score (nSPS) is 12.9. The van der Waals surface area contributed by atoms with Gasteiger partial charge < -0.3 is 10.1 Å². The van der Waals surface area contributed by atoms with Crippen LogP contribution in [0.2, 0.25) is 5.02 Å². The molecule has 0 saturated heterocycles. The molecule has 0 unspecified atom stereocenters. The fraction of sp³-hybridized carbons (Fsp3) is 0.333. The van der Waals surface area contributed by atoms with Gasteiger partial charge in [-0.15, -0.1) is 35.5 Å². The SMILES string of the molecule is CCOC(=O)c1c(NC(=O)CCCSc2ccc(Cl)cc2)sc2c1CCN(Cc1ccccc1)C2.Cl. The van der Waals surface area contributed by atoms with E-state index in [-0.39, 0.29) is 24.3 Å². The highest BCUT2D eigenvalue weighted by Crippen LogP contribution is 2.38. The second-order valence-electron chi connectivity index (χ2n) is 8.33. The molecular weight excluding hydrogens is 535 g/mol. The molecule has 1 N–H and O–H groups in total. The largest absolute Gasteiger partial charge is 0.462 e. The van der Waals surface area contributed by atoms with E-state index < -0.39 is 0 Å². The van der Waals surface area contributed by atoms with E-state index in [9.17, 15) is 9.59 Å². The second kappa shape index (κ2) is 14.1. The molecule has 0 fully saturated rings. The highest BCUT2D eigenvalue weighted by Gasteiger charge is 2.29. The number of halogens is 2. The molecule has 2 heterocycles. The third-order valence-electron chi connectivity index (χ3n) is 5.75. The summed E-state index contributed by atoms with van der Waals surface area (Å²) in [5.74, 6) is 0.400. The Morgan fingerprint density at radius 2 is 1.89 bits per heavy atom. The first-order valence-corrected chi connectivity index (χ1v) is 14.0. The standard InChI is InChI=1S/C27H29ClN2O3S2.ClH/c1-2-33-27(32)25-22-14-15-30(17-19-7-4-3-5-8-19)18-23(22)35-26(25)29-24(31)9-6-16-34-21-12-10-20(28)11-13-21;/h3-5,7-8,10-13H,2,6,9,14-18H2,1H3,(H,29,31);1H. The fourth-order valence-electron chi connectivity index (χ4n) is 4.08. The van der Waals surface area contributed by atoms with Crippen LogP contribution in [0.15, 0.2) is 59.5 Å². The molecule has 0 bridgehead atoms. The number of amides is 1. The zero-order valence-corrected chi connectivity index (χ0v) is 23.3. The number of hydrogen-bond acceptors (Lipinski definition) is 6. The highest BCUT2D eigenvalue weighted by molar-refractivity contribution is 7.99. The number of benzene rings is 2. The van der Waals surface area contributed by atoms with Crippen molar-refractivity contribution < 1.29 is 14.3 Å². The second-order valence-corrected chi connectivity index (χ2v) is 11.0. The van der Waals surface area contributed by atoms with Gasteiger partial charge in [-0.2, -0.15) is 0 Å². The topological polar surface area (TPSA) is 58.6 Å². The predicted octanol–water partition coefficient (Wildman–Crippen LogP) is 7.07. The van der Waals surface area contributed by atoms with E-state index in [0.717, 1.165) is 53.6 Å². The lowest BCUT2D eigenvalue weighted by Gasteiger charge is -2.27. The van der Waals surface area contributed by atoms with Crippen LogP contribution in [-0.2, 0) is 29.0 Å². The van der Waals surface area contributed by atoms with Gasteiger partial charge in [0.15, 0.2) is 0 Å². The quantitative estimate of drug-likeness (QED) is 0.162. The van der Waals surface area contributed by atoms with Gasteiger partial charge in [-0.1, -0.05) is 41.9 Å². The van der Waals surface area contributed by atoms with E-state index in [1.54, 1.807) is 18.7 Å². The molecule has 36 heavy (non-hydrogen) atoms. The number of rotatable bonds is 10. The number of ether oxygens (including phenoxy) is 1. The van der Waals surface area contributed by atoms with Crippen LogP contribution < -0.4 is 5.32 Å². The van der Waals surface area contributed by atoms with Crippen LogP contribution in [0.1, 0.15) is 46.1 Å². The molecule has 0 aliphatic carbocycles. The molecule has 1 aliphatic heterocycles. The summed E-state index contributed by atoms with van der Waals surface area (Å²) in [5.41, 5.74) is 2.82. The van der Waals surface area contributed by atoms with Crippen LogP contribution in [0.5, 0.6) is 0 Å². The first-order valence-electron chi connectivity index (χ1n) is 11.8. The van der Waals surface area contributed by atoms with Crippen molar-refractivity contribution in [2.24, 2.45) is 0 Å². The van der Waals surface area contributed by atoms with E-state index in [1.807, 2.05) is 30.3 Å². The van der Waals surface area contributed by atoms with Crippen molar-refractivity contribution in [2.75, 3.05) is 24.2 Å². The number of fused-ring (bicyclic) bond motifs is 1. The lowest BCUT2D eigenvalue weighted by molar-refractivity contribution is -0.116. The van der Waals surface area contributed by atoms with Crippen LogP contribution in [0.3, 0.4) is 0 Å². The Morgan fingerprint density at radius 3 is 2.61 bits per heavy atom. The molecule has 0 saturated carbocycles. The lowest BCUT2D eigenvalue weighted by atomic mass is 10.0. The van der Waals surface area contributed by atoms with Crippen molar-refractivity contribution in [3.05, 3.63) is 81.2 Å². The minimum Gasteiger partial charge on any atom is -0.462 e. The van der Waals surface area contributed by atoms with Crippen molar-refractivity contribution in [1.82, 2.24) is 4.90 Å². The molecule has 9 heteroatoms. The molecule has 1 aliphatic rings. The van der Waals surface area contributed by atoms with Crippen LogP contribution in [-0.4, -0.2) is 35.7 Å². The number of anilines is 1. The monoisotopic (exact) mass is 564 g/mol. The molecule has 0 radical (unpaired) electrons. The lowest BCUT2D eigenvalue weighted by Crippen LogP contribution is -2.29. The maximum Gasteiger partial charge on any atom is 0.341 e. The predicted molar refractivity (Wildman–Crippen MR) is 152 cm³/mol. The molecule has 3 aromatic rings. The van der Waals surface area contributed by atoms with Gasteiger partial charge in [0, 0.05) is 40.9 Å². The first-order chi connectivity index (χ1) is 17.0. The molecule has 2 aromatic carbocycles. The molecular formula is C27H30Cl2N2O3S2. The number of esters is 1. The third-order valence-corrected chi connectivity index (χ3v) is 8.23. The Balaban J connectivity index is 0.00000361. The molecule has 4 rings (SSSR count). The van der Waals surface area contributed by atoms with Crippen molar-refractivity contribution in [1.29, 1.82) is 0 Å². The van der Waals surface area contributed by atoms with Crippen LogP contribution >= 0.6 is 47.1 Å². The van der Waals surface area contributed by atoms with Gasteiger partial charge in [0.1, 0.15) is 5.00 Å². The van der Waals surface area contributed by atoms with Crippen molar-refractivity contribution in [3.63, 3.8) is 0 Å². The van der Waals surface area contributed by atoms with E-state index in [4.69, 9.17) is 16.3 Å². The molecule has 0 spiro atoms. The molecule has 0 atom stereocenters. The summed E-state index contributed by atoms with van der Waals surface area (Å²) in [6.07, 6.45) is 1.90. The number of carbonyl (C=O) groups excluding carboxylic acids is 2. The summed E-state index contributed by atoms with van der Waals surface area (Å²) in [5, 5.41) is 4.34. The van der Waals surface area contributed by atoms with Gasteiger partial charge in [-0.05, 0) is 60.9 Å². The Labute approximate surface area is 232 Å². The molecule has 1 aromatic heterocycles. The number of nitrogens with one attached hydrogen (secondary N) is 1. The Morgan fingerprint density at radius 1 is 1.14 bits per heavy atom. The van der Waals surface area contributed by atoms with Gasteiger partial charge in [0.25, 0.3) is 0 Å². The van der Waals surface area contributed by atoms with E-state index in [0.29, 0.717) is 28.6 Å². The summed E-state index contributed by atoms with van der Waals surface area (Å²) >= 11 is 9.13. The van der Waals surface area contributed by atoms with Crippen molar-refractivity contribution in [2.45, 2.75) is 44.2 Å². The van der Waals surface area contributed by atoms with Gasteiger partial charge >= 0.3 is 5.97 Å². The maximum atomic E-state index is 12.8. The van der Waals surface area contributed by atoms with E-state index in [2.05, 4.69) is 34.5 Å². The average Bonchev–Trinajstić information content (AvgIpc) is 3.20. The Hall–Kier alpha value is -2.03. The fourth-order valence-corrected chi connectivity index (χ4v) is 6.36. The van der Waals surface area contributed by atoms with Crippen LogP contribution in [0.4, 0.5) is 5.00 Å². The number of thioether (sulfide) groups is 1. The zero-order valence-electron chi connectivity index (χ0n) is 20.1. The van der Waals surface area contributed by atoms with E-state index >= 15 is 0 Å². The summed E-state index contributed by atoms with van der Waals surface area (Å²) in [4.78, 5) is 30.2. The Kier molecular flexibility index (Phi) is 11.1. The molecule has 5 nitrogen and oxygen atoms in total. The van der Waals surface area contributed by atoms with Gasteiger partial charge in [-0.3, -0.25) is 9.69 Å². The summed E-state index contributed by atoms with van der Waals surface area (Å²) in [7, 11) is 0. The van der Waals surface area contributed by atoms with Crippen LogP contribution in [0.25, 0.3) is 0 Å². The van der Waals surface area contributed by atoms with Gasteiger partial charge in [-0.25, -0.2) is 4.79 Å². The zero-order chi connectivity index (χ0) is 24.6. The van der Waals surface area contributed by atoms with Gasteiger partial charge in [0.2, 0.25) is 5.91 Å². The summed E-state index contributed by atoms with van der Waals surface area (Å²) in [6, 6.07) is 18.1. The van der Waals surface area contributed by atoms with Crippen molar-refractivity contribution in [3.8, 4) is 0 Å². The third kappa shape index (κ3) is 7.73. The molecule has 1 amide bonds. The van der Waals surface area contributed by atoms with Crippen molar-refractivity contribution >= 4 is 64.0 Å². The minimum absolute atomic E-state index is 0. The van der Waals surface area contributed by atoms with Gasteiger partial charge in [0.05, 0.1) is 12.2 Å². The number of thiophene rings is 1. The molecule has 192 valence electrons. The maximum absolute atomic E-state index is 12.8. The first kappa shape index (κ1) is 28.5. The summed E-state index contributed by atoms with van der Waals surface area (Å²) < 4.78 is 5.34. The smallest absolute Gasteiger partial charge is 0.341 e. The highest BCUT2D eigenvalue weighted by atomic mass is 35.5. The number of carbonyl (C=O) groups is 2. The average molecular weight is 566 g/mol. The summed E-state index contributed by atoms with van der Waals surface area (Å²) in [6.45, 7) is 4.59. The van der Waals surface area contributed by atoms with Crippen LogP contribution in [0, 0.1) is 0 Å².